The number of nitrogens with zero attached hydrogens (tertiary/aromatic N) is 1. The van der Waals surface area contributed by atoms with Crippen LogP contribution in [0.25, 0.3) is 17.7 Å². The molecule has 1 aromatic rings. The predicted molar refractivity (Wildman–Crippen MR) is 91.0 cm³/mol. The molecule has 1 aromatic carbocycles. The first-order chi connectivity index (χ1) is 9.83. The Morgan fingerprint density at radius 2 is 2.00 bits per heavy atom. The lowest BCUT2D eigenvalue weighted by atomic mass is 9.99. The van der Waals surface area contributed by atoms with Crippen LogP contribution >= 0.6 is 11.6 Å². The van der Waals surface area contributed by atoms with Gasteiger partial charge in [0.05, 0.1) is 11.2 Å². The zero-order valence-corrected chi connectivity index (χ0v) is 13.6. The van der Waals surface area contributed by atoms with E-state index in [0.717, 1.165) is 16.4 Å². The smallest absolute Gasteiger partial charge is 0.150 e. The van der Waals surface area contributed by atoms with Gasteiger partial charge in [-0.3, -0.25) is 0 Å². The minimum Gasteiger partial charge on any atom is -0.323 e. The summed E-state index contributed by atoms with van der Waals surface area (Å²) in [5.41, 5.74) is 2.76. The van der Waals surface area contributed by atoms with Crippen LogP contribution in [0.5, 0.6) is 0 Å². The molecule has 0 aliphatic heterocycles. The van der Waals surface area contributed by atoms with Gasteiger partial charge in [-0.15, -0.1) is 0 Å². The molecule has 2 nitrogen and oxygen atoms in total. The highest BCUT2D eigenvalue weighted by molar-refractivity contribution is 6.31. The molecule has 0 unspecified atom stereocenters. The molecule has 4 heteroatoms. The van der Waals surface area contributed by atoms with Crippen LogP contribution < -0.4 is 16.3 Å². The third-order valence-electron chi connectivity index (χ3n) is 3.00. The van der Waals surface area contributed by atoms with Crippen molar-refractivity contribution in [1.82, 2.24) is 0 Å². The van der Waals surface area contributed by atoms with E-state index >= 15 is 0 Å². The number of allylic oxidation sites excluding steroid dienone is 3. The van der Waals surface area contributed by atoms with E-state index in [2.05, 4.69) is 11.7 Å². The summed E-state index contributed by atoms with van der Waals surface area (Å²) < 4.78 is 14.6. The quantitative estimate of drug-likeness (QED) is 0.519. The van der Waals surface area contributed by atoms with Crippen LogP contribution in [-0.2, 0) is 0 Å². The molecular formula is C17H20ClFN2. The highest BCUT2D eigenvalue weighted by atomic mass is 35.5. The molecule has 0 radical (unpaired) electrons. The fourth-order valence-corrected chi connectivity index (χ4v) is 2.40. The third kappa shape index (κ3) is 3.82. The summed E-state index contributed by atoms with van der Waals surface area (Å²) in [6, 6.07) is 1.75. The van der Waals surface area contributed by atoms with E-state index in [1.165, 1.54) is 6.21 Å². The Kier molecular flexibility index (Phi) is 5.91. The Morgan fingerprint density at radius 1 is 1.38 bits per heavy atom. The fraction of sp³-hybridized carbons (Fsp3) is 0.235. The van der Waals surface area contributed by atoms with Crippen molar-refractivity contribution in [2.24, 2.45) is 10.9 Å². The van der Waals surface area contributed by atoms with E-state index in [1.807, 2.05) is 33.8 Å². The van der Waals surface area contributed by atoms with Crippen LogP contribution in [0.4, 0.5) is 4.39 Å². The molecule has 112 valence electrons. The first-order valence-corrected chi connectivity index (χ1v) is 6.94. The SMILES string of the molecule is C=C(C)/C=c1/cc(C(/C=N\N)=C(C)C)c(F)c(Cl)/c1=C/C. The van der Waals surface area contributed by atoms with Crippen LogP contribution in [0.3, 0.4) is 0 Å². The maximum absolute atomic E-state index is 14.6. The van der Waals surface area contributed by atoms with Crippen molar-refractivity contribution in [1.29, 1.82) is 0 Å². The van der Waals surface area contributed by atoms with Gasteiger partial charge in [0.1, 0.15) is 5.82 Å². The van der Waals surface area contributed by atoms with Crippen molar-refractivity contribution in [2.45, 2.75) is 27.7 Å². The molecule has 0 fully saturated rings. The topological polar surface area (TPSA) is 38.4 Å². The van der Waals surface area contributed by atoms with Gasteiger partial charge in [0.15, 0.2) is 0 Å². The monoisotopic (exact) mass is 306 g/mol. The van der Waals surface area contributed by atoms with Gasteiger partial charge < -0.3 is 5.84 Å². The molecule has 0 saturated carbocycles. The van der Waals surface area contributed by atoms with Crippen molar-refractivity contribution < 1.29 is 4.39 Å². The number of rotatable bonds is 3. The molecule has 0 aliphatic rings. The van der Waals surface area contributed by atoms with E-state index in [-0.39, 0.29) is 5.02 Å². The summed E-state index contributed by atoms with van der Waals surface area (Å²) in [5.74, 6) is 4.75. The van der Waals surface area contributed by atoms with Crippen molar-refractivity contribution in [3.8, 4) is 0 Å². The number of hydrogen-bond donors (Lipinski definition) is 1. The summed E-state index contributed by atoms with van der Waals surface area (Å²) >= 11 is 6.18. The first-order valence-electron chi connectivity index (χ1n) is 6.56. The van der Waals surface area contributed by atoms with Gasteiger partial charge in [-0.05, 0) is 44.2 Å². The molecule has 0 bridgehead atoms. The van der Waals surface area contributed by atoms with E-state index in [0.29, 0.717) is 16.4 Å². The van der Waals surface area contributed by atoms with Crippen molar-refractivity contribution in [3.63, 3.8) is 0 Å². The van der Waals surface area contributed by atoms with Gasteiger partial charge in [-0.25, -0.2) is 4.39 Å². The Labute approximate surface area is 129 Å². The Bertz CT molecular complexity index is 739. The van der Waals surface area contributed by atoms with Crippen molar-refractivity contribution in [2.75, 3.05) is 0 Å². The largest absolute Gasteiger partial charge is 0.323 e. The van der Waals surface area contributed by atoms with Gasteiger partial charge >= 0.3 is 0 Å². The Balaban J connectivity index is 3.93. The molecule has 0 spiro atoms. The summed E-state index contributed by atoms with van der Waals surface area (Å²) in [6.45, 7) is 11.3. The van der Waals surface area contributed by atoms with Gasteiger partial charge in [0, 0.05) is 11.1 Å². The number of halogens is 2. The highest BCUT2D eigenvalue weighted by Gasteiger charge is 2.13. The molecule has 0 amide bonds. The van der Waals surface area contributed by atoms with Crippen LogP contribution in [0, 0.1) is 5.82 Å². The number of hydrogen-bond acceptors (Lipinski definition) is 2. The molecule has 0 heterocycles. The molecule has 0 aromatic heterocycles. The van der Waals surface area contributed by atoms with Crippen LogP contribution in [0.1, 0.15) is 33.3 Å². The van der Waals surface area contributed by atoms with Gasteiger partial charge in [0.25, 0.3) is 0 Å². The Morgan fingerprint density at radius 3 is 2.43 bits per heavy atom. The standard InChI is InChI=1S/C17H20ClFN2/c1-6-13-12(7-10(2)3)8-14(17(19)16(13)18)15(9-21-20)11(4)5/h6-9H,2,20H2,1,3-5H3/b12-7-,13-6+,21-9-. The summed E-state index contributed by atoms with van der Waals surface area (Å²) in [4.78, 5) is 0. The average molecular weight is 307 g/mol. The molecule has 2 N–H and O–H groups in total. The van der Waals surface area contributed by atoms with E-state index in [9.17, 15) is 4.39 Å². The molecule has 0 saturated heterocycles. The van der Waals surface area contributed by atoms with Crippen LogP contribution in [-0.4, -0.2) is 6.21 Å². The number of benzene rings is 1. The zero-order valence-electron chi connectivity index (χ0n) is 12.8. The van der Waals surface area contributed by atoms with E-state index in [1.54, 1.807) is 12.1 Å². The third-order valence-corrected chi connectivity index (χ3v) is 3.37. The summed E-state index contributed by atoms with van der Waals surface area (Å²) in [6.07, 6.45) is 5.08. The number of hydrazone groups is 1. The molecular weight excluding hydrogens is 287 g/mol. The first kappa shape index (κ1) is 17.2. The van der Waals surface area contributed by atoms with Gasteiger partial charge in [-0.2, -0.15) is 5.10 Å². The zero-order chi connectivity index (χ0) is 16.2. The lowest BCUT2D eigenvalue weighted by Crippen LogP contribution is -2.28. The maximum Gasteiger partial charge on any atom is 0.150 e. The number of nitrogens with two attached hydrogens (primary N) is 1. The highest BCUT2D eigenvalue weighted by Crippen LogP contribution is 2.22. The van der Waals surface area contributed by atoms with E-state index in [4.69, 9.17) is 17.4 Å². The second kappa shape index (κ2) is 7.23. The molecule has 21 heavy (non-hydrogen) atoms. The summed E-state index contributed by atoms with van der Waals surface area (Å²) in [7, 11) is 0. The minimum atomic E-state index is -0.472. The summed E-state index contributed by atoms with van der Waals surface area (Å²) in [5, 5.41) is 5.07. The van der Waals surface area contributed by atoms with Crippen molar-refractivity contribution >= 4 is 35.5 Å². The lowest BCUT2D eigenvalue weighted by molar-refractivity contribution is 0.623. The Hall–Kier alpha value is -1.87. The van der Waals surface area contributed by atoms with Crippen LogP contribution in [0.15, 0.2) is 28.9 Å². The second-order valence-corrected chi connectivity index (χ2v) is 5.40. The molecule has 0 aliphatic carbocycles. The predicted octanol–water partition coefficient (Wildman–Crippen LogP) is 3.37. The van der Waals surface area contributed by atoms with Crippen molar-refractivity contribution in [3.05, 3.63) is 50.6 Å². The van der Waals surface area contributed by atoms with Crippen LogP contribution in [0.2, 0.25) is 5.02 Å². The minimum absolute atomic E-state index is 0.0895. The van der Waals surface area contributed by atoms with Gasteiger partial charge in [0.2, 0.25) is 0 Å². The maximum atomic E-state index is 14.6. The van der Waals surface area contributed by atoms with E-state index < -0.39 is 5.82 Å². The lowest BCUT2D eigenvalue weighted by Gasteiger charge is -2.09. The van der Waals surface area contributed by atoms with Gasteiger partial charge in [-0.1, -0.05) is 41.5 Å². The average Bonchev–Trinajstić information content (AvgIpc) is 2.40. The normalized spacial score (nSPS) is 13.0. The second-order valence-electron chi connectivity index (χ2n) is 5.03. The molecule has 0 atom stereocenters. The fourth-order valence-electron chi connectivity index (χ4n) is 2.08. The molecule has 1 rings (SSSR count).